The molecule has 1 aliphatic rings. The fourth-order valence-electron chi connectivity index (χ4n) is 1.06. The van der Waals surface area contributed by atoms with Crippen LogP contribution in [0.15, 0.2) is 16.9 Å². The lowest BCUT2D eigenvalue weighted by atomic mass is 10.2. The minimum atomic E-state index is -0.0406. The second-order valence-electron chi connectivity index (χ2n) is 3.02. The van der Waals surface area contributed by atoms with E-state index < -0.39 is 0 Å². The van der Waals surface area contributed by atoms with E-state index in [2.05, 4.69) is 5.10 Å². The van der Waals surface area contributed by atoms with Crippen LogP contribution < -0.4 is 0 Å². The molecule has 4 nitrogen and oxygen atoms in total. The summed E-state index contributed by atoms with van der Waals surface area (Å²) in [5.74, 6) is -0.0406. The summed E-state index contributed by atoms with van der Waals surface area (Å²) in [4.78, 5) is 13.2. The van der Waals surface area contributed by atoms with Gasteiger partial charge in [0.1, 0.15) is 0 Å². The summed E-state index contributed by atoms with van der Waals surface area (Å²) in [6.45, 7) is 1.83. The van der Waals surface area contributed by atoms with E-state index in [0.29, 0.717) is 5.57 Å². The molecule has 0 spiro atoms. The average Bonchev–Trinajstić information content (AvgIpc) is 2.16. The number of rotatable bonds is 1. The Balaban J connectivity index is 2.94. The molecule has 0 saturated carbocycles. The van der Waals surface area contributed by atoms with E-state index in [9.17, 15) is 4.79 Å². The summed E-state index contributed by atoms with van der Waals surface area (Å²) < 4.78 is 0. The van der Waals surface area contributed by atoms with E-state index in [1.807, 2.05) is 25.9 Å². The summed E-state index contributed by atoms with van der Waals surface area (Å²) in [6.07, 6.45) is 1.78. The van der Waals surface area contributed by atoms with Crippen LogP contribution in [0, 0.1) is 0 Å². The molecule has 0 radical (unpaired) electrons. The van der Waals surface area contributed by atoms with E-state index >= 15 is 0 Å². The molecule has 4 heteroatoms. The van der Waals surface area contributed by atoms with Crippen molar-refractivity contribution in [3.63, 3.8) is 0 Å². The maximum atomic E-state index is 11.4. The summed E-state index contributed by atoms with van der Waals surface area (Å²) in [7, 11) is 5.42. The van der Waals surface area contributed by atoms with Gasteiger partial charge in [0, 0.05) is 27.3 Å². The fraction of sp³-hybridized carbons (Fsp3) is 0.500. The van der Waals surface area contributed by atoms with Crippen LogP contribution in [-0.4, -0.2) is 42.7 Å². The Bertz CT molecular complexity index is 265. The van der Waals surface area contributed by atoms with Crippen molar-refractivity contribution < 1.29 is 4.79 Å². The van der Waals surface area contributed by atoms with Gasteiger partial charge in [-0.15, -0.1) is 0 Å². The van der Waals surface area contributed by atoms with Crippen LogP contribution in [0.4, 0.5) is 0 Å². The minimum absolute atomic E-state index is 0.0406. The van der Waals surface area contributed by atoms with Crippen LogP contribution in [-0.2, 0) is 4.79 Å². The molecule has 0 aliphatic carbocycles. The van der Waals surface area contributed by atoms with Gasteiger partial charge < -0.3 is 4.90 Å². The predicted molar refractivity (Wildman–Crippen MR) is 47.6 cm³/mol. The molecule has 0 N–H and O–H groups in total. The van der Waals surface area contributed by atoms with Gasteiger partial charge in [-0.3, -0.25) is 4.79 Å². The van der Waals surface area contributed by atoms with Gasteiger partial charge in [0.25, 0.3) is 5.91 Å². The summed E-state index contributed by atoms with van der Waals surface area (Å²) in [5.41, 5.74) is 1.44. The van der Waals surface area contributed by atoms with E-state index in [0.717, 1.165) is 5.71 Å². The van der Waals surface area contributed by atoms with E-state index in [1.54, 1.807) is 13.2 Å². The Hall–Kier alpha value is -1.32. The maximum Gasteiger partial charge on any atom is 0.277 e. The summed E-state index contributed by atoms with van der Waals surface area (Å²) in [6, 6.07) is 0. The molecule has 0 unspecified atom stereocenters. The lowest BCUT2D eigenvalue weighted by Crippen LogP contribution is -2.18. The van der Waals surface area contributed by atoms with Gasteiger partial charge >= 0.3 is 0 Å². The highest BCUT2D eigenvalue weighted by Gasteiger charge is 2.24. The SMILES string of the molecule is CC1=NN(C)C(=O)/C1=C/N(C)C. The number of hydrazone groups is 1. The molecule has 1 amide bonds. The lowest BCUT2D eigenvalue weighted by Gasteiger charge is -2.06. The van der Waals surface area contributed by atoms with Crippen LogP contribution in [0.1, 0.15) is 6.92 Å². The molecule has 0 atom stereocenters. The van der Waals surface area contributed by atoms with Crippen LogP contribution >= 0.6 is 0 Å². The number of hydrogen-bond donors (Lipinski definition) is 0. The van der Waals surface area contributed by atoms with Gasteiger partial charge in [-0.05, 0) is 6.92 Å². The van der Waals surface area contributed by atoms with Crippen LogP contribution in [0.25, 0.3) is 0 Å². The average molecular weight is 167 g/mol. The Morgan fingerprint density at radius 1 is 1.50 bits per heavy atom. The van der Waals surface area contributed by atoms with Crippen LogP contribution in [0.2, 0.25) is 0 Å². The monoisotopic (exact) mass is 167 g/mol. The molecule has 12 heavy (non-hydrogen) atoms. The maximum absolute atomic E-state index is 11.4. The normalized spacial score (nSPS) is 20.3. The van der Waals surface area contributed by atoms with Crippen molar-refractivity contribution in [2.75, 3.05) is 21.1 Å². The predicted octanol–water partition coefficient (Wildman–Crippen LogP) is 0.280. The minimum Gasteiger partial charge on any atom is -0.383 e. The third-order valence-electron chi connectivity index (χ3n) is 1.60. The van der Waals surface area contributed by atoms with Crippen molar-refractivity contribution in [2.45, 2.75) is 6.92 Å². The number of carbonyl (C=O) groups excluding carboxylic acids is 1. The second kappa shape index (κ2) is 2.97. The van der Waals surface area contributed by atoms with Gasteiger partial charge in [0.2, 0.25) is 0 Å². The number of amides is 1. The summed E-state index contributed by atoms with van der Waals surface area (Å²) >= 11 is 0. The number of nitrogens with zero attached hydrogens (tertiary/aromatic N) is 3. The Morgan fingerprint density at radius 3 is 2.42 bits per heavy atom. The standard InChI is InChI=1S/C8H13N3O/c1-6-7(5-10(2)3)8(12)11(4)9-6/h5H,1-4H3/b7-5+. The van der Waals surface area contributed by atoms with Gasteiger partial charge in [-0.25, -0.2) is 5.01 Å². The highest BCUT2D eigenvalue weighted by molar-refractivity contribution is 6.23. The Morgan fingerprint density at radius 2 is 2.08 bits per heavy atom. The zero-order valence-corrected chi connectivity index (χ0v) is 7.83. The molecular weight excluding hydrogens is 154 g/mol. The van der Waals surface area contributed by atoms with Gasteiger partial charge in [0.15, 0.2) is 0 Å². The van der Waals surface area contributed by atoms with E-state index in [1.165, 1.54) is 5.01 Å². The van der Waals surface area contributed by atoms with Crippen LogP contribution in [0.3, 0.4) is 0 Å². The molecule has 0 fully saturated rings. The molecule has 0 saturated heterocycles. The van der Waals surface area contributed by atoms with E-state index in [-0.39, 0.29) is 5.91 Å². The third kappa shape index (κ3) is 1.47. The topological polar surface area (TPSA) is 35.9 Å². The number of hydrogen-bond acceptors (Lipinski definition) is 3. The molecule has 66 valence electrons. The van der Waals surface area contributed by atoms with Gasteiger partial charge in [-0.2, -0.15) is 5.10 Å². The first-order chi connectivity index (χ1) is 5.52. The summed E-state index contributed by atoms with van der Waals surface area (Å²) in [5, 5.41) is 5.36. The van der Waals surface area contributed by atoms with Crippen molar-refractivity contribution in [3.05, 3.63) is 11.8 Å². The van der Waals surface area contributed by atoms with Crippen LogP contribution in [0.5, 0.6) is 0 Å². The van der Waals surface area contributed by atoms with E-state index in [4.69, 9.17) is 0 Å². The molecule has 0 bridgehead atoms. The molecular formula is C8H13N3O. The smallest absolute Gasteiger partial charge is 0.277 e. The number of carbonyl (C=O) groups is 1. The lowest BCUT2D eigenvalue weighted by molar-refractivity contribution is -0.124. The van der Waals surface area contributed by atoms with Crippen molar-refractivity contribution in [3.8, 4) is 0 Å². The quantitative estimate of drug-likeness (QED) is 0.526. The molecule has 1 rings (SSSR count). The number of likely N-dealkylation sites (N-methyl/N-ethyl adjacent to an activating group) is 1. The van der Waals surface area contributed by atoms with Crippen molar-refractivity contribution >= 4 is 11.6 Å². The molecule has 0 aromatic carbocycles. The molecule has 0 aromatic heterocycles. The van der Waals surface area contributed by atoms with Gasteiger partial charge in [0.05, 0.1) is 11.3 Å². The Labute approximate surface area is 72.1 Å². The zero-order chi connectivity index (χ0) is 9.30. The molecule has 1 heterocycles. The fourth-order valence-corrected chi connectivity index (χ4v) is 1.06. The molecule has 0 aromatic rings. The highest BCUT2D eigenvalue weighted by Crippen LogP contribution is 2.12. The molecule has 1 aliphatic heterocycles. The first-order valence-electron chi connectivity index (χ1n) is 3.74. The first kappa shape index (κ1) is 8.77. The largest absolute Gasteiger partial charge is 0.383 e. The first-order valence-corrected chi connectivity index (χ1v) is 3.74. The highest BCUT2D eigenvalue weighted by atomic mass is 16.2. The van der Waals surface area contributed by atoms with Crippen molar-refractivity contribution in [1.29, 1.82) is 0 Å². The second-order valence-corrected chi connectivity index (χ2v) is 3.02. The van der Waals surface area contributed by atoms with Gasteiger partial charge in [-0.1, -0.05) is 0 Å². The third-order valence-corrected chi connectivity index (χ3v) is 1.60. The Kier molecular flexibility index (Phi) is 2.17. The van der Waals surface area contributed by atoms with Crippen molar-refractivity contribution in [1.82, 2.24) is 9.91 Å². The van der Waals surface area contributed by atoms with Crippen molar-refractivity contribution in [2.24, 2.45) is 5.10 Å². The zero-order valence-electron chi connectivity index (χ0n) is 7.83.